The number of nitriles is 1. The van der Waals surface area contributed by atoms with E-state index in [-0.39, 0.29) is 12.0 Å². The number of rotatable bonds is 8. The van der Waals surface area contributed by atoms with Crippen molar-refractivity contribution < 1.29 is 5.11 Å². The van der Waals surface area contributed by atoms with Crippen LogP contribution in [0.5, 0.6) is 0 Å². The molecule has 0 heterocycles. The van der Waals surface area contributed by atoms with Crippen LogP contribution in [-0.2, 0) is 6.42 Å². The fraction of sp³-hybridized carbons (Fsp3) is 0.632. The standard InChI is InChI=1S/C19H28N2O/c1-19(2,15-20)11-5-12-21(13-6-14-22)18-10-9-16-7-3-4-8-17(16)18/h3-4,7-8,18,22H,5-6,9-14H2,1-2H3. The topological polar surface area (TPSA) is 47.3 Å². The van der Waals surface area contributed by atoms with Crippen LogP contribution < -0.4 is 0 Å². The van der Waals surface area contributed by atoms with E-state index < -0.39 is 0 Å². The zero-order chi connectivity index (χ0) is 16.0. The first-order valence-electron chi connectivity index (χ1n) is 8.41. The highest BCUT2D eigenvalue weighted by molar-refractivity contribution is 5.34. The number of fused-ring (bicyclic) bond motifs is 1. The van der Waals surface area contributed by atoms with Gasteiger partial charge in [-0.3, -0.25) is 4.90 Å². The van der Waals surface area contributed by atoms with Crippen molar-refractivity contribution in [3.63, 3.8) is 0 Å². The molecule has 0 bridgehead atoms. The SMILES string of the molecule is CC(C)(C#N)CCCN(CCCO)C1CCc2ccccc21. The fourth-order valence-corrected chi connectivity index (χ4v) is 3.39. The molecule has 1 atom stereocenters. The summed E-state index contributed by atoms with van der Waals surface area (Å²) in [6.07, 6.45) is 5.10. The van der Waals surface area contributed by atoms with E-state index in [4.69, 9.17) is 5.26 Å². The molecule has 2 rings (SSSR count). The molecule has 0 radical (unpaired) electrons. The Morgan fingerprint density at radius 3 is 2.73 bits per heavy atom. The molecular weight excluding hydrogens is 272 g/mol. The predicted molar refractivity (Wildman–Crippen MR) is 89.4 cm³/mol. The zero-order valence-electron chi connectivity index (χ0n) is 13.9. The fourth-order valence-electron chi connectivity index (χ4n) is 3.39. The third-order valence-electron chi connectivity index (χ3n) is 4.70. The van der Waals surface area contributed by atoms with Gasteiger partial charge in [0.1, 0.15) is 0 Å². The lowest BCUT2D eigenvalue weighted by atomic mass is 9.89. The quantitative estimate of drug-likeness (QED) is 0.796. The summed E-state index contributed by atoms with van der Waals surface area (Å²) in [4.78, 5) is 2.51. The maximum Gasteiger partial charge on any atom is 0.0683 e. The van der Waals surface area contributed by atoms with Gasteiger partial charge in [0.2, 0.25) is 0 Å². The van der Waals surface area contributed by atoms with E-state index in [0.717, 1.165) is 38.8 Å². The minimum Gasteiger partial charge on any atom is -0.396 e. The van der Waals surface area contributed by atoms with Crippen molar-refractivity contribution in [2.45, 2.75) is 52.0 Å². The molecular formula is C19H28N2O. The lowest BCUT2D eigenvalue weighted by Crippen LogP contribution is -2.31. The Morgan fingerprint density at radius 1 is 1.27 bits per heavy atom. The Kier molecular flexibility index (Phi) is 5.99. The van der Waals surface area contributed by atoms with E-state index in [1.807, 2.05) is 13.8 Å². The molecule has 22 heavy (non-hydrogen) atoms. The summed E-state index contributed by atoms with van der Waals surface area (Å²) in [5.41, 5.74) is 2.69. The van der Waals surface area contributed by atoms with Gasteiger partial charge in [-0.2, -0.15) is 5.26 Å². The summed E-state index contributed by atoms with van der Waals surface area (Å²) in [5, 5.41) is 18.3. The first kappa shape index (κ1) is 17.0. The molecule has 0 saturated carbocycles. The molecule has 1 aliphatic rings. The van der Waals surface area contributed by atoms with Gasteiger partial charge < -0.3 is 5.11 Å². The molecule has 3 heteroatoms. The molecule has 1 aromatic rings. The summed E-state index contributed by atoms with van der Waals surface area (Å²) in [5.74, 6) is 0. The Hall–Kier alpha value is -1.37. The van der Waals surface area contributed by atoms with Crippen LogP contribution in [-0.4, -0.2) is 29.7 Å². The number of benzene rings is 1. The molecule has 0 fully saturated rings. The number of aliphatic hydroxyl groups is 1. The van der Waals surface area contributed by atoms with Crippen LogP contribution in [0.2, 0.25) is 0 Å². The minimum absolute atomic E-state index is 0.240. The van der Waals surface area contributed by atoms with Crippen LogP contribution in [0.15, 0.2) is 24.3 Å². The summed E-state index contributed by atoms with van der Waals surface area (Å²) < 4.78 is 0. The molecule has 1 aliphatic carbocycles. The largest absolute Gasteiger partial charge is 0.396 e. The number of aryl methyl sites for hydroxylation is 1. The minimum atomic E-state index is -0.240. The smallest absolute Gasteiger partial charge is 0.0683 e. The molecule has 0 saturated heterocycles. The van der Waals surface area contributed by atoms with Crippen LogP contribution in [0.4, 0.5) is 0 Å². The number of hydrogen-bond donors (Lipinski definition) is 1. The van der Waals surface area contributed by atoms with Gasteiger partial charge in [-0.15, -0.1) is 0 Å². The van der Waals surface area contributed by atoms with Gasteiger partial charge in [-0.05, 0) is 63.6 Å². The van der Waals surface area contributed by atoms with Gasteiger partial charge in [-0.25, -0.2) is 0 Å². The third-order valence-corrected chi connectivity index (χ3v) is 4.70. The predicted octanol–water partition coefficient (Wildman–Crippen LogP) is 3.69. The van der Waals surface area contributed by atoms with E-state index in [1.54, 1.807) is 0 Å². The van der Waals surface area contributed by atoms with Gasteiger partial charge in [0.05, 0.1) is 11.5 Å². The lowest BCUT2D eigenvalue weighted by molar-refractivity contribution is 0.166. The van der Waals surface area contributed by atoms with Gasteiger partial charge in [0.25, 0.3) is 0 Å². The lowest BCUT2D eigenvalue weighted by Gasteiger charge is -2.30. The molecule has 0 aliphatic heterocycles. The van der Waals surface area contributed by atoms with Gasteiger partial charge >= 0.3 is 0 Å². The molecule has 1 unspecified atom stereocenters. The summed E-state index contributed by atoms with van der Waals surface area (Å²) >= 11 is 0. The van der Waals surface area contributed by atoms with Crippen LogP contribution in [0, 0.1) is 16.7 Å². The number of hydrogen-bond acceptors (Lipinski definition) is 3. The summed E-state index contributed by atoms with van der Waals surface area (Å²) in [6.45, 7) is 6.20. The summed E-state index contributed by atoms with van der Waals surface area (Å²) in [6, 6.07) is 11.6. The zero-order valence-corrected chi connectivity index (χ0v) is 13.9. The highest BCUT2D eigenvalue weighted by Gasteiger charge is 2.27. The average molecular weight is 300 g/mol. The van der Waals surface area contributed by atoms with Crippen molar-refractivity contribution in [2.24, 2.45) is 5.41 Å². The second-order valence-corrected chi connectivity index (χ2v) is 6.97. The van der Waals surface area contributed by atoms with E-state index in [9.17, 15) is 5.11 Å². The Bertz CT molecular complexity index is 518. The van der Waals surface area contributed by atoms with Crippen LogP contribution in [0.3, 0.4) is 0 Å². The highest BCUT2D eigenvalue weighted by atomic mass is 16.3. The van der Waals surface area contributed by atoms with Gasteiger partial charge in [0, 0.05) is 19.2 Å². The Morgan fingerprint density at radius 2 is 2.00 bits per heavy atom. The van der Waals surface area contributed by atoms with Gasteiger partial charge in [-0.1, -0.05) is 24.3 Å². The number of nitrogens with zero attached hydrogens (tertiary/aromatic N) is 2. The van der Waals surface area contributed by atoms with E-state index in [0.29, 0.717) is 6.04 Å². The van der Waals surface area contributed by atoms with Crippen LogP contribution in [0.25, 0.3) is 0 Å². The summed E-state index contributed by atoms with van der Waals surface area (Å²) in [7, 11) is 0. The van der Waals surface area contributed by atoms with Crippen molar-refractivity contribution in [3.05, 3.63) is 35.4 Å². The highest BCUT2D eigenvalue weighted by Crippen LogP contribution is 2.36. The monoisotopic (exact) mass is 300 g/mol. The third kappa shape index (κ3) is 4.32. The second-order valence-electron chi connectivity index (χ2n) is 6.97. The van der Waals surface area contributed by atoms with Crippen molar-refractivity contribution >= 4 is 0 Å². The maximum atomic E-state index is 9.18. The molecule has 0 aromatic heterocycles. The second kappa shape index (κ2) is 7.76. The molecule has 1 N–H and O–H groups in total. The molecule has 0 spiro atoms. The first-order valence-corrected chi connectivity index (χ1v) is 8.41. The van der Waals surface area contributed by atoms with Crippen LogP contribution >= 0.6 is 0 Å². The van der Waals surface area contributed by atoms with Crippen molar-refractivity contribution in [1.29, 1.82) is 5.26 Å². The van der Waals surface area contributed by atoms with Crippen molar-refractivity contribution in [3.8, 4) is 6.07 Å². The van der Waals surface area contributed by atoms with E-state index >= 15 is 0 Å². The normalized spacial score (nSPS) is 17.5. The van der Waals surface area contributed by atoms with E-state index in [2.05, 4.69) is 35.2 Å². The Labute approximate surface area is 134 Å². The van der Waals surface area contributed by atoms with Gasteiger partial charge in [0.15, 0.2) is 0 Å². The molecule has 120 valence electrons. The van der Waals surface area contributed by atoms with E-state index in [1.165, 1.54) is 17.5 Å². The number of aliphatic hydroxyl groups excluding tert-OH is 1. The van der Waals surface area contributed by atoms with Crippen molar-refractivity contribution in [2.75, 3.05) is 19.7 Å². The van der Waals surface area contributed by atoms with Crippen LogP contribution in [0.1, 0.15) is 56.7 Å². The first-order chi connectivity index (χ1) is 10.6. The molecule has 0 amide bonds. The Balaban J connectivity index is 2.00. The van der Waals surface area contributed by atoms with Crippen molar-refractivity contribution in [1.82, 2.24) is 4.90 Å². The maximum absolute atomic E-state index is 9.18. The average Bonchev–Trinajstić information content (AvgIpc) is 2.94. The molecule has 1 aromatic carbocycles. The molecule has 3 nitrogen and oxygen atoms in total.